The van der Waals surface area contributed by atoms with E-state index in [1.54, 1.807) is 12.1 Å². The molecule has 0 aliphatic carbocycles. The molecule has 0 fully saturated rings. The Bertz CT molecular complexity index is 447. The van der Waals surface area contributed by atoms with E-state index in [0.29, 0.717) is 25.6 Å². The minimum atomic E-state index is -0.920. The number of nitrogens with zero attached hydrogens (tertiary/aromatic N) is 2. The molecule has 0 spiro atoms. The maximum Gasteiger partial charge on any atom is 0.335 e. The molecule has 5 heteroatoms. The molecule has 20 heavy (non-hydrogen) atoms. The molecular weight excluding hydrogens is 256 g/mol. The lowest BCUT2D eigenvalue weighted by atomic mass is 10.1. The predicted molar refractivity (Wildman–Crippen MR) is 79.7 cm³/mol. The smallest absolute Gasteiger partial charge is 0.335 e. The standard InChI is InChI=1S/C15H24N2O3/c1-5-17(7-8-20-6-2)14-10-12(15(18)19)9-13(16-14)11(3)4/h9-11H,5-8H2,1-4H3,(H,18,19). The summed E-state index contributed by atoms with van der Waals surface area (Å²) in [5, 5.41) is 9.21. The molecule has 0 saturated heterocycles. The van der Waals surface area contributed by atoms with Crippen LogP contribution in [0.25, 0.3) is 0 Å². The van der Waals surface area contributed by atoms with Crippen molar-refractivity contribution in [3.05, 3.63) is 23.4 Å². The van der Waals surface area contributed by atoms with Gasteiger partial charge >= 0.3 is 5.97 Å². The van der Waals surface area contributed by atoms with E-state index in [9.17, 15) is 9.90 Å². The van der Waals surface area contributed by atoms with Gasteiger partial charge in [-0.3, -0.25) is 0 Å². The number of carboxylic acid groups (broad SMARTS) is 1. The second kappa shape index (κ2) is 7.85. The summed E-state index contributed by atoms with van der Waals surface area (Å²) in [6.45, 7) is 10.8. The Labute approximate surface area is 120 Å². The molecule has 1 heterocycles. The lowest BCUT2D eigenvalue weighted by Gasteiger charge is -2.23. The van der Waals surface area contributed by atoms with E-state index in [1.807, 2.05) is 32.6 Å². The van der Waals surface area contributed by atoms with Gasteiger partial charge in [0.25, 0.3) is 0 Å². The fourth-order valence-corrected chi connectivity index (χ4v) is 1.87. The largest absolute Gasteiger partial charge is 0.478 e. The number of aromatic nitrogens is 1. The summed E-state index contributed by atoms with van der Waals surface area (Å²) in [4.78, 5) is 17.8. The zero-order chi connectivity index (χ0) is 15.1. The summed E-state index contributed by atoms with van der Waals surface area (Å²) in [6, 6.07) is 3.27. The summed E-state index contributed by atoms with van der Waals surface area (Å²) in [5.74, 6) is -0.0223. The SMILES string of the molecule is CCOCCN(CC)c1cc(C(=O)O)cc(C(C)C)n1. The quantitative estimate of drug-likeness (QED) is 0.742. The van der Waals surface area contributed by atoms with E-state index >= 15 is 0 Å². The summed E-state index contributed by atoms with van der Waals surface area (Å²) >= 11 is 0. The molecule has 1 aromatic rings. The van der Waals surface area contributed by atoms with Crippen molar-refractivity contribution in [2.24, 2.45) is 0 Å². The van der Waals surface area contributed by atoms with Crippen molar-refractivity contribution in [2.75, 3.05) is 31.2 Å². The molecule has 0 radical (unpaired) electrons. The van der Waals surface area contributed by atoms with Gasteiger partial charge in [-0.2, -0.15) is 0 Å². The number of anilines is 1. The molecule has 1 N–H and O–H groups in total. The Balaban J connectivity index is 3.03. The molecule has 1 rings (SSSR count). The third kappa shape index (κ3) is 4.49. The summed E-state index contributed by atoms with van der Waals surface area (Å²) < 4.78 is 5.36. The van der Waals surface area contributed by atoms with E-state index in [1.165, 1.54) is 0 Å². The maximum atomic E-state index is 11.2. The van der Waals surface area contributed by atoms with Crippen LogP contribution in [0.1, 0.15) is 49.7 Å². The van der Waals surface area contributed by atoms with Gasteiger partial charge in [-0.1, -0.05) is 13.8 Å². The highest BCUT2D eigenvalue weighted by Crippen LogP contribution is 2.20. The first-order valence-corrected chi connectivity index (χ1v) is 7.07. The van der Waals surface area contributed by atoms with Crippen LogP contribution in [-0.2, 0) is 4.74 Å². The molecule has 0 amide bonds. The number of carbonyl (C=O) groups is 1. The molecule has 0 unspecified atom stereocenters. The van der Waals surface area contributed by atoms with Crippen LogP contribution < -0.4 is 4.90 Å². The molecule has 0 bridgehead atoms. The second-order valence-electron chi connectivity index (χ2n) is 4.88. The number of pyridine rings is 1. The third-order valence-electron chi connectivity index (χ3n) is 3.09. The minimum Gasteiger partial charge on any atom is -0.478 e. The van der Waals surface area contributed by atoms with Gasteiger partial charge in [0.1, 0.15) is 5.82 Å². The number of ether oxygens (including phenoxy) is 1. The average Bonchev–Trinajstić information content (AvgIpc) is 2.43. The molecule has 0 saturated carbocycles. The Morgan fingerprint density at radius 3 is 2.60 bits per heavy atom. The molecule has 0 aromatic carbocycles. The van der Waals surface area contributed by atoms with Crippen LogP contribution in [0, 0.1) is 0 Å². The van der Waals surface area contributed by atoms with E-state index in [2.05, 4.69) is 4.98 Å². The highest BCUT2D eigenvalue weighted by molar-refractivity contribution is 5.88. The molecule has 112 valence electrons. The van der Waals surface area contributed by atoms with E-state index in [4.69, 9.17) is 4.74 Å². The number of rotatable bonds is 8. The van der Waals surface area contributed by atoms with Crippen molar-refractivity contribution in [3.63, 3.8) is 0 Å². The fourth-order valence-electron chi connectivity index (χ4n) is 1.87. The van der Waals surface area contributed by atoms with Crippen LogP contribution in [0.3, 0.4) is 0 Å². The van der Waals surface area contributed by atoms with Gasteiger partial charge in [0.05, 0.1) is 12.2 Å². The van der Waals surface area contributed by atoms with Gasteiger partial charge in [-0.05, 0) is 31.9 Å². The molecule has 1 aromatic heterocycles. The fraction of sp³-hybridized carbons (Fsp3) is 0.600. The number of likely N-dealkylation sites (N-methyl/N-ethyl adjacent to an activating group) is 1. The number of carboxylic acids is 1. The number of aromatic carboxylic acids is 1. The lowest BCUT2D eigenvalue weighted by molar-refractivity contribution is 0.0696. The maximum absolute atomic E-state index is 11.2. The van der Waals surface area contributed by atoms with E-state index in [-0.39, 0.29) is 11.5 Å². The van der Waals surface area contributed by atoms with Crippen molar-refractivity contribution in [3.8, 4) is 0 Å². The molecule has 5 nitrogen and oxygen atoms in total. The van der Waals surface area contributed by atoms with Gasteiger partial charge in [-0.15, -0.1) is 0 Å². The normalized spacial score (nSPS) is 10.8. The van der Waals surface area contributed by atoms with E-state index < -0.39 is 5.97 Å². The Kier molecular flexibility index (Phi) is 6.45. The van der Waals surface area contributed by atoms with Crippen molar-refractivity contribution in [2.45, 2.75) is 33.6 Å². The van der Waals surface area contributed by atoms with Crippen molar-refractivity contribution >= 4 is 11.8 Å². The Morgan fingerprint density at radius 2 is 2.10 bits per heavy atom. The zero-order valence-electron chi connectivity index (χ0n) is 12.7. The van der Waals surface area contributed by atoms with Crippen LogP contribution in [0.15, 0.2) is 12.1 Å². The van der Waals surface area contributed by atoms with E-state index in [0.717, 1.165) is 12.2 Å². The average molecular weight is 280 g/mol. The summed E-state index contributed by atoms with van der Waals surface area (Å²) in [6.07, 6.45) is 0. The predicted octanol–water partition coefficient (Wildman–Crippen LogP) is 2.77. The van der Waals surface area contributed by atoms with Crippen LogP contribution >= 0.6 is 0 Å². The lowest BCUT2D eigenvalue weighted by Crippen LogP contribution is -2.28. The van der Waals surface area contributed by atoms with Crippen LogP contribution in [0.4, 0.5) is 5.82 Å². The van der Waals surface area contributed by atoms with Crippen LogP contribution in [0.2, 0.25) is 0 Å². The summed E-state index contributed by atoms with van der Waals surface area (Å²) in [7, 11) is 0. The monoisotopic (exact) mass is 280 g/mol. The Morgan fingerprint density at radius 1 is 1.40 bits per heavy atom. The van der Waals surface area contributed by atoms with Crippen LogP contribution in [-0.4, -0.2) is 42.4 Å². The second-order valence-corrected chi connectivity index (χ2v) is 4.88. The zero-order valence-corrected chi connectivity index (χ0v) is 12.7. The Hall–Kier alpha value is -1.62. The first-order valence-electron chi connectivity index (χ1n) is 7.07. The van der Waals surface area contributed by atoms with Gasteiger partial charge in [0.2, 0.25) is 0 Å². The van der Waals surface area contributed by atoms with Crippen molar-refractivity contribution < 1.29 is 14.6 Å². The van der Waals surface area contributed by atoms with Gasteiger partial charge < -0.3 is 14.7 Å². The topological polar surface area (TPSA) is 62.7 Å². The highest BCUT2D eigenvalue weighted by Gasteiger charge is 2.14. The van der Waals surface area contributed by atoms with Gasteiger partial charge in [0.15, 0.2) is 0 Å². The van der Waals surface area contributed by atoms with Gasteiger partial charge in [-0.25, -0.2) is 9.78 Å². The van der Waals surface area contributed by atoms with Gasteiger partial charge in [0, 0.05) is 25.4 Å². The molecular formula is C15H24N2O3. The highest BCUT2D eigenvalue weighted by atomic mass is 16.5. The molecule has 0 aliphatic heterocycles. The third-order valence-corrected chi connectivity index (χ3v) is 3.09. The number of hydrogen-bond donors (Lipinski definition) is 1. The molecule has 0 aliphatic rings. The van der Waals surface area contributed by atoms with Crippen LogP contribution in [0.5, 0.6) is 0 Å². The van der Waals surface area contributed by atoms with Crippen molar-refractivity contribution in [1.82, 2.24) is 4.98 Å². The minimum absolute atomic E-state index is 0.193. The first-order chi connectivity index (χ1) is 9.49. The first kappa shape index (κ1) is 16.4. The van der Waals surface area contributed by atoms with Crippen molar-refractivity contribution in [1.29, 1.82) is 0 Å². The summed E-state index contributed by atoms with van der Waals surface area (Å²) in [5.41, 5.74) is 1.09. The number of hydrogen-bond acceptors (Lipinski definition) is 4. The molecule has 0 atom stereocenters.